The van der Waals surface area contributed by atoms with Crippen molar-refractivity contribution in [2.75, 3.05) is 0 Å². The van der Waals surface area contributed by atoms with Gasteiger partial charge in [0.05, 0.1) is 6.54 Å². The molecule has 2 aromatic carbocycles. The van der Waals surface area contributed by atoms with Crippen LogP contribution in [0.4, 0.5) is 0 Å². The van der Waals surface area contributed by atoms with Gasteiger partial charge in [-0.3, -0.25) is 4.79 Å². The minimum Gasteiger partial charge on any atom is -0.340 e. The molecular formula is C17H14BrNO. The molecule has 0 radical (unpaired) electrons. The van der Waals surface area contributed by atoms with Crippen LogP contribution in [0.25, 0.3) is 10.9 Å². The van der Waals surface area contributed by atoms with Gasteiger partial charge in [0, 0.05) is 21.7 Å². The minimum absolute atomic E-state index is 0.127. The van der Waals surface area contributed by atoms with Gasteiger partial charge >= 0.3 is 0 Å². The van der Waals surface area contributed by atoms with Gasteiger partial charge in [0.15, 0.2) is 5.78 Å². The first-order chi connectivity index (χ1) is 9.63. The van der Waals surface area contributed by atoms with Gasteiger partial charge in [-0.25, -0.2) is 0 Å². The van der Waals surface area contributed by atoms with Crippen LogP contribution in [0.1, 0.15) is 15.9 Å². The third-order valence-corrected chi connectivity index (χ3v) is 3.92. The molecule has 0 N–H and O–H groups in total. The molecule has 0 saturated heterocycles. The smallest absolute Gasteiger partial charge is 0.182 e. The van der Waals surface area contributed by atoms with Crippen LogP contribution in [0.2, 0.25) is 0 Å². The van der Waals surface area contributed by atoms with Crippen molar-refractivity contribution in [3.05, 3.63) is 70.3 Å². The maximum atomic E-state index is 12.3. The topological polar surface area (TPSA) is 22.0 Å². The summed E-state index contributed by atoms with van der Waals surface area (Å²) in [6, 6.07) is 15.8. The van der Waals surface area contributed by atoms with Gasteiger partial charge in [-0.2, -0.15) is 0 Å². The van der Waals surface area contributed by atoms with E-state index in [1.807, 2.05) is 66.2 Å². The fraction of sp³-hybridized carbons (Fsp3) is 0.118. The third kappa shape index (κ3) is 2.54. The Morgan fingerprint density at radius 2 is 1.85 bits per heavy atom. The molecule has 0 fully saturated rings. The van der Waals surface area contributed by atoms with E-state index < -0.39 is 0 Å². The van der Waals surface area contributed by atoms with E-state index in [1.54, 1.807) is 0 Å². The molecule has 0 aliphatic heterocycles. The molecule has 1 aromatic heterocycles. The normalized spacial score (nSPS) is 10.9. The highest BCUT2D eigenvalue weighted by Crippen LogP contribution is 2.21. The third-order valence-electron chi connectivity index (χ3n) is 3.42. The fourth-order valence-corrected chi connectivity index (χ4v) is 2.63. The number of aromatic nitrogens is 1. The van der Waals surface area contributed by atoms with Gasteiger partial charge in [-0.1, -0.05) is 51.8 Å². The number of rotatable bonds is 3. The molecule has 0 atom stereocenters. The lowest BCUT2D eigenvalue weighted by molar-refractivity contribution is 0.0973. The Morgan fingerprint density at radius 1 is 1.10 bits per heavy atom. The van der Waals surface area contributed by atoms with Crippen molar-refractivity contribution >= 4 is 32.6 Å². The highest BCUT2D eigenvalue weighted by molar-refractivity contribution is 9.10. The van der Waals surface area contributed by atoms with E-state index in [0.717, 1.165) is 26.5 Å². The lowest BCUT2D eigenvalue weighted by atomic mass is 10.1. The van der Waals surface area contributed by atoms with E-state index in [1.165, 1.54) is 0 Å². The first-order valence-corrected chi connectivity index (χ1v) is 7.27. The maximum Gasteiger partial charge on any atom is 0.182 e. The number of ketones is 1. The molecule has 0 aliphatic carbocycles. The fourth-order valence-electron chi connectivity index (χ4n) is 2.28. The van der Waals surface area contributed by atoms with Gasteiger partial charge < -0.3 is 4.57 Å². The van der Waals surface area contributed by atoms with E-state index in [9.17, 15) is 4.79 Å². The van der Waals surface area contributed by atoms with Crippen LogP contribution >= 0.6 is 15.9 Å². The van der Waals surface area contributed by atoms with E-state index >= 15 is 0 Å². The van der Waals surface area contributed by atoms with Crippen molar-refractivity contribution in [3.8, 4) is 0 Å². The lowest BCUT2D eigenvalue weighted by Gasteiger charge is -2.06. The molecular weight excluding hydrogens is 314 g/mol. The highest BCUT2D eigenvalue weighted by atomic mass is 79.9. The second-order valence-corrected chi connectivity index (χ2v) is 5.85. The number of carbonyl (C=O) groups excluding carboxylic acids is 1. The number of aryl methyl sites for hydroxylation is 1. The van der Waals surface area contributed by atoms with Crippen LogP contribution in [-0.2, 0) is 6.54 Å². The number of halogens is 1. The lowest BCUT2D eigenvalue weighted by Crippen LogP contribution is -2.09. The number of hydrogen-bond acceptors (Lipinski definition) is 1. The number of Topliss-reactive ketones (excluding diaryl/α,β-unsaturated/α-hetero) is 1. The number of fused-ring (bicyclic) bond motifs is 1. The van der Waals surface area contributed by atoms with Crippen molar-refractivity contribution in [1.82, 2.24) is 4.57 Å². The van der Waals surface area contributed by atoms with Crippen molar-refractivity contribution in [3.63, 3.8) is 0 Å². The van der Waals surface area contributed by atoms with Crippen LogP contribution in [0.5, 0.6) is 0 Å². The molecule has 0 saturated carbocycles. The zero-order valence-electron chi connectivity index (χ0n) is 11.1. The van der Waals surface area contributed by atoms with Gasteiger partial charge in [0.2, 0.25) is 0 Å². The molecule has 0 bridgehead atoms. The monoisotopic (exact) mass is 327 g/mol. The molecule has 0 unspecified atom stereocenters. The summed E-state index contributed by atoms with van der Waals surface area (Å²) in [7, 11) is 0. The Bertz CT molecular complexity index is 771. The molecule has 0 spiro atoms. The summed E-state index contributed by atoms with van der Waals surface area (Å²) in [5, 5.41) is 1.14. The summed E-state index contributed by atoms with van der Waals surface area (Å²) in [5.74, 6) is 0.127. The van der Waals surface area contributed by atoms with Crippen LogP contribution in [0.15, 0.2) is 59.2 Å². The van der Waals surface area contributed by atoms with Crippen LogP contribution < -0.4 is 0 Å². The maximum absolute atomic E-state index is 12.3. The van der Waals surface area contributed by atoms with Crippen molar-refractivity contribution in [2.45, 2.75) is 13.5 Å². The van der Waals surface area contributed by atoms with Crippen LogP contribution in [-0.4, -0.2) is 10.4 Å². The molecule has 2 nitrogen and oxygen atoms in total. The Balaban J connectivity index is 1.91. The van der Waals surface area contributed by atoms with Crippen LogP contribution in [0, 0.1) is 6.92 Å². The predicted molar refractivity (Wildman–Crippen MR) is 85.1 cm³/mol. The molecule has 3 heteroatoms. The number of benzene rings is 2. The Hall–Kier alpha value is -1.87. The van der Waals surface area contributed by atoms with Crippen molar-refractivity contribution in [2.24, 2.45) is 0 Å². The summed E-state index contributed by atoms with van der Waals surface area (Å²) in [6.07, 6.45) is 1.96. The van der Waals surface area contributed by atoms with Crippen molar-refractivity contribution in [1.29, 1.82) is 0 Å². The average molecular weight is 328 g/mol. The Morgan fingerprint density at radius 3 is 2.60 bits per heavy atom. The molecule has 3 aromatic rings. The molecule has 1 heterocycles. The highest BCUT2D eigenvalue weighted by Gasteiger charge is 2.09. The summed E-state index contributed by atoms with van der Waals surface area (Å²) in [6.45, 7) is 2.38. The molecule has 100 valence electrons. The minimum atomic E-state index is 0.127. The number of carbonyl (C=O) groups is 1. The van der Waals surface area contributed by atoms with Gasteiger partial charge in [-0.15, -0.1) is 0 Å². The summed E-state index contributed by atoms with van der Waals surface area (Å²) in [5.41, 5.74) is 2.99. The molecule has 0 aliphatic rings. The summed E-state index contributed by atoms with van der Waals surface area (Å²) in [4.78, 5) is 12.3. The van der Waals surface area contributed by atoms with Gasteiger partial charge in [0.25, 0.3) is 0 Å². The Kier molecular flexibility index (Phi) is 3.45. The standard InChI is InChI=1S/C17H14BrNO/c1-12-2-4-14(5-3-12)17(20)11-19-9-8-13-6-7-15(18)10-16(13)19/h2-10H,11H2,1H3. The largest absolute Gasteiger partial charge is 0.340 e. The van der Waals surface area contributed by atoms with Gasteiger partial charge in [-0.05, 0) is 30.5 Å². The predicted octanol–water partition coefficient (Wildman–Crippen LogP) is 4.60. The van der Waals surface area contributed by atoms with Crippen molar-refractivity contribution < 1.29 is 4.79 Å². The summed E-state index contributed by atoms with van der Waals surface area (Å²) >= 11 is 3.47. The quantitative estimate of drug-likeness (QED) is 0.644. The first-order valence-electron chi connectivity index (χ1n) is 6.48. The zero-order chi connectivity index (χ0) is 14.1. The molecule has 0 amide bonds. The Labute approximate surface area is 126 Å². The van der Waals surface area contributed by atoms with E-state index in [4.69, 9.17) is 0 Å². The van der Waals surface area contributed by atoms with Gasteiger partial charge in [0.1, 0.15) is 0 Å². The summed E-state index contributed by atoms with van der Waals surface area (Å²) < 4.78 is 3.01. The van der Waals surface area contributed by atoms with E-state index in [2.05, 4.69) is 15.9 Å². The molecule has 20 heavy (non-hydrogen) atoms. The molecule has 3 rings (SSSR count). The van der Waals surface area contributed by atoms with Crippen LogP contribution in [0.3, 0.4) is 0 Å². The van der Waals surface area contributed by atoms with E-state index in [0.29, 0.717) is 6.54 Å². The second-order valence-electron chi connectivity index (χ2n) is 4.94. The number of hydrogen-bond donors (Lipinski definition) is 0. The zero-order valence-corrected chi connectivity index (χ0v) is 12.7. The van der Waals surface area contributed by atoms with E-state index in [-0.39, 0.29) is 5.78 Å². The number of nitrogens with zero attached hydrogens (tertiary/aromatic N) is 1. The second kappa shape index (κ2) is 5.25. The average Bonchev–Trinajstić information content (AvgIpc) is 2.82. The SMILES string of the molecule is Cc1ccc(C(=O)Cn2ccc3ccc(Br)cc32)cc1. The first kappa shape index (κ1) is 13.1.